The van der Waals surface area contributed by atoms with Crippen LogP contribution in [-0.4, -0.2) is 13.4 Å². The number of nitrogens with zero attached hydrogens (tertiary/aromatic N) is 1. The summed E-state index contributed by atoms with van der Waals surface area (Å²) in [6.45, 7) is 2.09. The fraction of sp³-hybridized carbons (Fsp3) is 0.105. The zero-order valence-electron chi connectivity index (χ0n) is 14.1. The highest BCUT2D eigenvalue weighted by Gasteiger charge is 2.17. The first-order chi connectivity index (χ1) is 12.5. The van der Waals surface area contributed by atoms with Crippen molar-refractivity contribution in [2.75, 3.05) is 10.0 Å². The molecule has 1 heterocycles. The number of pyridine rings is 1. The van der Waals surface area contributed by atoms with E-state index in [1.54, 1.807) is 30.5 Å². The number of aromatic nitrogens is 1. The van der Waals surface area contributed by atoms with Gasteiger partial charge in [-0.3, -0.25) is 4.72 Å². The van der Waals surface area contributed by atoms with E-state index in [0.29, 0.717) is 0 Å². The zero-order chi connectivity index (χ0) is 18.6. The van der Waals surface area contributed by atoms with Gasteiger partial charge in [-0.15, -0.1) is 0 Å². The van der Waals surface area contributed by atoms with Gasteiger partial charge < -0.3 is 5.32 Å². The van der Waals surface area contributed by atoms with E-state index in [2.05, 4.69) is 28.0 Å². The highest BCUT2D eigenvalue weighted by atomic mass is 35.5. The number of hydrogen-bond acceptors (Lipinski definition) is 4. The van der Waals surface area contributed by atoms with Gasteiger partial charge in [0, 0.05) is 5.69 Å². The quantitative estimate of drug-likeness (QED) is 0.634. The minimum absolute atomic E-state index is 0.0162. The molecule has 0 unspecified atom stereocenters. The molecule has 0 amide bonds. The molecule has 2 aromatic carbocycles. The molecule has 0 atom stereocenters. The van der Waals surface area contributed by atoms with E-state index in [1.165, 1.54) is 17.7 Å². The molecule has 0 spiro atoms. The molecule has 1 aromatic heterocycles. The van der Waals surface area contributed by atoms with Crippen molar-refractivity contribution in [2.45, 2.75) is 18.2 Å². The average molecular weight is 388 g/mol. The Bertz CT molecular complexity index is 1010. The summed E-state index contributed by atoms with van der Waals surface area (Å²) in [5.74, 6) is 0.222. The zero-order valence-corrected chi connectivity index (χ0v) is 15.7. The summed E-state index contributed by atoms with van der Waals surface area (Å²) in [6, 6.07) is 17.6. The molecule has 0 bridgehead atoms. The van der Waals surface area contributed by atoms with Crippen LogP contribution in [0.1, 0.15) is 12.5 Å². The van der Waals surface area contributed by atoms with Gasteiger partial charge in [0.2, 0.25) is 0 Å². The normalized spacial score (nSPS) is 11.2. The van der Waals surface area contributed by atoms with Crippen molar-refractivity contribution >= 4 is 38.8 Å². The number of nitrogens with one attached hydrogen (secondary N) is 2. The third-order valence-electron chi connectivity index (χ3n) is 3.81. The van der Waals surface area contributed by atoms with Crippen molar-refractivity contribution in [3.05, 3.63) is 77.4 Å². The van der Waals surface area contributed by atoms with Crippen LogP contribution in [0, 0.1) is 0 Å². The van der Waals surface area contributed by atoms with Gasteiger partial charge >= 0.3 is 0 Å². The van der Waals surface area contributed by atoms with E-state index in [0.717, 1.165) is 17.8 Å². The molecule has 0 saturated carbocycles. The summed E-state index contributed by atoms with van der Waals surface area (Å²) < 4.78 is 27.3. The highest BCUT2D eigenvalue weighted by molar-refractivity contribution is 7.92. The minimum atomic E-state index is -3.79. The van der Waals surface area contributed by atoms with E-state index >= 15 is 0 Å². The van der Waals surface area contributed by atoms with Crippen molar-refractivity contribution < 1.29 is 8.42 Å². The number of hydrogen-bond donors (Lipinski definition) is 2. The Morgan fingerprint density at radius 3 is 2.42 bits per heavy atom. The molecule has 0 fully saturated rings. The number of aryl methyl sites for hydroxylation is 1. The Hall–Kier alpha value is -2.57. The number of halogens is 1. The SMILES string of the molecule is CCc1ccccc1Nc1ccc(NS(=O)(=O)c2ccccc2Cl)nc1. The average Bonchev–Trinajstić information content (AvgIpc) is 2.64. The van der Waals surface area contributed by atoms with Gasteiger partial charge in [-0.05, 0) is 42.3 Å². The Kier molecular flexibility index (Phi) is 5.44. The van der Waals surface area contributed by atoms with Gasteiger partial charge in [0.15, 0.2) is 0 Å². The van der Waals surface area contributed by atoms with Crippen LogP contribution in [0.4, 0.5) is 17.2 Å². The van der Waals surface area contributed by atoms with Crippen molar-refractivity contribution in [1.29, 1.82) is 0 Å². The van der Waals surface area contributed by atoms with Gasteiger partial charge in [0.25, 0.3) is 10.0 Å². The molecule has 2 N–H and O–H groups in total. The monoisotopic (exact) mass is 387 g/mol. The molecule has 134 valence electrons. The second kappa shape index (κ2) is 7.76. The fourth-order valence-electron chi connectivity index (χ4n) is 2.49. The predicted octanol–water partition coefficient (Wildman–Crippen LogP) is 4.84. The highest BCUT2D eigenvalue weighted by Crippen LogP contribution is 2.24. The Labute approximate surface area is 158 Å². The van der Waals surface area contributed by atoms with Gasteiger partial charge in [-0.2, -0.15) is 0 Å². The van der Waals surface area contributed by atoms with Gasteiger partial charge in [0.05, 0.1) is 16.9 Å². The summed E-state index contributed by atoms with van der Waals surface area (Å²) in [5.41, 5.74) is 2.96. The third kappa shape index (κ3) is 4.15. The maximum absolute atomic E-state index is 12.4. The van der Waals surface area contributed by atoms with Crippen molar-refractivity contribution in [1.82, 2.24) is 4.98 Å². The molecule has 0 aliphatic rings. The van der Waals surface area contributed by atoms with Crippen LogP contribution in [0.25, 0.3) is 0 Å². The van der Waals surface area contributed by atoms with Gasteiger partial charge in [-0.25, -0.2) is 13.4 Å². The van der Waals surface area contributed by atoms with Crippen LogP contribution in [0.3, 0.4) is 0 Å². The molecule has 5 nitrogen and oxygen atoms in total. The Balaban J connectivity index is 1.77. The molecule has 3 rings (SSSR count). The first-order valence-electron chi connectivity index (χ1n) is 8.08. The van der Waals surface area contributed by atoms with E-state index in [9.17, 15) is 8.42 Å². The summed E-state index contributed by atoms with van der Waals surface area (Å²) >= 11 is 5.97. The summed E-state index contributed by atoms with van der Waals surface area (Å²) in [6.07, 6.45) is 2.49. The number of para-hydroxylation sites is 1. The molecular weight excluding hydrogens is 370 g/mol. The van der Waals surface area contributed by atoms with E-state index < -0.39 is 10.0 Å². The van der Waals surface area contributed by atoms with E-state index in [4.69, 9.17) is 11.6 Å². The lowest BCUT2D eigenvalue weighted by atomic mass is 10.1. The molecule has 3 aromatic rings. The van der Waals surface area contributed by atoms with Crippen molar-refractivity contribution in [3.63, 3.8) is 0 Å². The number of anilines is 3. The van der Waals surface area contributed by atoms with Crippen LogP contribution in [0.15, 0.2) is 71.8 Å². The van der Waals surface area contributed by atoms with Crippen LogP contribution in [-0.2, 0) is 16.4 Å². The number of sulfonamides is 1. The van der Waals surface area contributed by atoms with Gasteiger partial charge in [-0.1, -0.05) is 48.9 Å². The molecular formula is C19H18ClN3O2S. The standard InChI is InChI=1S/C19H18ClN3O2S/c1-2-14-7-3-5-9-17(14)22-15-11-12-19(21-13-15)23-26(24,25)18-10-6-4-8-16(18)20/h3-13,22H,2H2,1H3,(H,21,23). The largest absolute Gasteiger partial charge is 0.354 e. The fourth-order valence-corrected chi connectivity index (χ4v) is 4.02. The lowest BCUT2D eigenvalue weighted by Crippen LogP contribution is -2.14. The second-order valence-corrected chi connectivity index (χ2v) is 7.66. The summed E-state index contributed by atoms with van der Waals surface area (Å²) in [4.78, 5) is 4.19. The molecule has 0 radical (unpaired) electrons. The maximum Gasteiger partial charge on any atom is 0.264 e. The molecule has 0 saturated heterocycles. The topological polar surface area (TPSA) is 71.1 Å². The molecule has 0 aliphatic carbocycles. The molecule has 7 heteroatoms. The van der Waals surface area contributed by atoms with E-state index in [-0.39, 0.29) is 15.7 Å². The minimum Gasteiger partial charge on any atom is -0.354 e. The summed E-state index contributed by atoms with van der Waals surface area (Å²) in [7, 11) is -3.79. The van der Waals surface area contributed by atoms with Crippen LogP contribution >= 0.6 is 11.6 Å². The second-order valence-electron chi connectivity index (χ2n) is 5.60. The Morgan fingerprint density at radius 1 is 1.00 bits per heavy atom. The predicted molar refractivity (Wildman–Crippen MR) is 106 cm³/mol. The smallest absolute Gasteiger partial charge is 0.264 e. The summed E-state index contributed by atoms with van der Waals surface area (Å²) in [5, 5.41) is 3.45. The maximum atomic E-state index is 12.4. The van der Waals surface area contributed by atoms with Crippen molar-refractivity contribution in [2.24, 2.45) is 0 Å². The lowest BCUT2D eigenvalue weighted by molar-refractivity contribution is 0.601. The lowest BCUT2D eigenvalue weighted by Gasteiger charge is -2.12. The van der Waals surface area contributed by atoms with Crippen LogP contribution < -0.4 is 10.0 Å². The van der Waals surface area contributed by atoms with Crippen molar-refractivity contribution in [3.8, 4) is 0 Å². The first-order valence-corrected chi connectivity index (χ1v) is 9.94. The molecule has 0 aliphatic heterocycles. The first kappa shape index (κ1) is 18.2. The third-order valence-corrected chi connectivity index (χ3v) is 5.66. The Morgan fingerprint density at radius 2 is 1.73 bits per heavy atom. The van der Waals surface area contributed by atoms with Gasteiger partial charge in [0.1, 0.15) is 10.7 Å². The molecule has 26 heavy (non-hydrogen) atoms. The van der Waals surface area contributed by atoms with Crippen LogP contribution in [0.5, 0.6) is 0 Å². The van der Waals surface area contributed by atoms with E-state index in [1.807, 2.05) is 18.2 Å². The van der Waals surface area contributed by atoms with Crippen LogP contribution in [0.2, 0.25) is 5.02 Å². The number of benzene rings is 2. The number of rotatable bonds is 6.